The molecule has 0 aliphatic carbocycles. The average Bonchev–Trinajstić information content (AvgIpc) is 2.06. The van der Waals surface area contributed by atoms with Crippen molar-refractivity contribution in [3.63, 3.8) is 0 Å². The molecule has 1 fully saturated rings. The first-order valence-electron chi connectivity index (χ1n) is 3.76. The molecule has 1 heterocycles. The number of hydrogen-bond acceptors (Lipinski definition) is 5. The summed E-state index contributed by atoms with van der Waals surface area (Å²) in [5, 5.41) is 20.0. The second-order valence-electron chi connectivity index (χ2n) is 2.68. The second-order valence-corrected chi connectivity index (χ2v) is 2.68. The maximum absolute atomic E-state index is 8.43. The molecule has 0 unspecified atom stereocenters. The molecule has 0 atom stereocenters. The molecule has 0 saturated carbocycles. The van der Waals surface area contributed by atoms with Gasteiger partial charge in [-0.3, -0.25) is 15.1 Å². The Kier molecular flexibility index (Phi) is 3.49. The largest absolute Gasteiger partial charge is 0.291 e. The molecular formula is C7H11N5. The lowest BCUT2D eigenvalue weighted by molar-refractivity contribution is 0.0868. The third-order valence-electron chi connectivity index (χ3n) is 1.66. The lowest BCUT2D eigenvalue weighted by Gasteiger charge is -2.33. The van der Waals surface area contributed by atoms with Gasteiger partial charge in [-0.25, -0.2) is 0 Å². The fourth-order valence-corrected chi connectivity index (χ4v) is 1.16. The van der Waals surface area contributed by atoms with Gasteiger partial charge in [0.15, 0.2) is 0 Å². The summed E-state index contributed by atoms with van der Waals surface area (Å²) in [4.78, 5) is 3.89. The number of nitriles is 2. The maximum Gasteiger partial charge on any atom is 0.0886 e. The minimum atomic E-state index is 0.412. The second kappa shape index (κ2) is 4.68. The van der Waals surface area contributed by atoms with Crippen molar-refractivity contribution in [2.75, 3.05) is 33.1 Å². The molecule has 1 N–H and O–H groups in total. The fourth-order valence-electron chi connectivity index (χ4n) is 1.16. The van der Waals surface area contributed by atoms with Crippen molar-refractivity contribution < 1.29 is 0 Å². The molecule has 0 spiro atoms. The number of hydrogen-bond donors (Lipinski definition) is 1. The van der Waals surface area contributed by atoms with Gasteiger partial charge in [-0.15, -0.1) is 0 Å². The molecule has 5 nitrogen and oxygen atoms in total. The number of nitrogens with one attached hydrogen (secondary N) is 1. The molecule has 0 amide bonds. The Morgan fingerprint density at radius 2 is 1.58 bits per heavy atom. The minimum Gasteiger partial charge on any atom is -0.291 e. The SMILES string of the molecule is N#CCN1CNCN(CC#N)C1. The Balaban J connectivity index is 2.32. The van der Waals surface area contributed by atoms with Crippen LogP contribution in [0.2, 0.25) is 0 Å². The molecule has 0 radical (unpaired) electrons. The van der Waals surface area contributed by atoms with Gasteiger partial charge < -0.3 is 0 Å². The highest BCUT2D eigenvalue weighted by Crippen LogP contribution is 1.96. The van der Waals surface area contributed by atoms with Crippen LogP contribution in [0.1, 0.15) is 0 Å². The summed E-state index contributed by atoms with van der Waals surface area (Å²) in [6, 6.07) is 4.15. The van der Waals surface area contributed by atoms with E-state index in [9.17, 15) is 0 Å². The summed E-state index contributed by atoms with van der Waals surface area (Å²) in [6.45, 7) is 2.99. The van der Waals surface area contributed by atoms with Gasteiger partial charge >= 0.3 is 0 Å². The van der Waals surface area contributed by atoms with E-state index >= 15 is 0 Å². The van der Waals surface area contributed by atoms with Crippen LogP contribution in [0.25, 0.3) is 0 Å². The van der Waals surface area contributed by atoms with Crippen LogP contribution < -0.4 is 5.32 Å². The van der Waals surface area contributed by atoms with Crippen LogP contribution in [-0.4, -0.2) is 42.9 Å². The number of rotatable bonds is 2. The van der Waals surface area contributed by atoms with Gasteiger partial charge in [0.2, 0.25) is 0 Å². The van der Waals surface area contributed by atoms with Crippen LogP contribution in [0, 0.1) is 22.7 Å². The standard InChI is InChI=1S/C7H11N5/c8-1-3-11-5-10-6-12(7-11)4-2-9/h10H,3-7H2. The van der Waals surface area contributed by atoms with Crippen LogP contribution in [0.5, 0.6) is 0 Å². The van der Waals surface area contributed by atoms with Gasteiger partial charge in [-0.1, -0.05) is 0 Å². The minimum absolute atomic E-state index is 0.412. The third kappa shape index (κ3) is 2.48. The van der Waals surface area contributed by atoms with Crippen molar-refractivity contribution in [1.29, 1.82) is 10.5 Å². The zero-order chi connectivity index (χ0) is 8.81. The van der Waals surface area contributed by atoms with Gasteiger partial charge in [0.05, 0.1) is 45.2 Å². The van der Waals surface area contributed by atoms with E-state index < -0.39 is 0 Å². The quantitative estimate of drug-likeness (QED) is 0.538. The van der Waals surface area contributed by atoms with Crippen LogP contribution in [-0.2, 0) is 0 Å². The molecule has 12 heavy (non-hydrogen) atoms. The molecule has 0 bridgehead atoms. The summed E-state index contributed by atoms with van der Waals surface area (Å²) >= 11 is 0. The van der Waals surface area contributed by atoms with Gasteiger partial charge in [-0.05, 0) is 0 Å². The average molecular weight is 165 g/mol. The molecule has 5 heteroatoms. The van der Waals surface area contributed by atoms with Crippen molar-refractivity contribution in [3.8, 4) is 12.1 Å². The van der Waals surface area contributed by atoms with Gasteiger partial charge in [0, 0.05) is 0 Å². The molecule has 0 aromatic carbocycles. The van der Waals surface area contributed by atoms with E-state index in [4.69, 9.17) is 10.5 Å². The maximum atomic E-state index is 8.43. The Bertz CT molecular complexity index is 191. The van der Waals surface area contributed by atoms with Crippen LogP contribution >= 0.6 is 0 Å². The summed E-state index contributed by atoms with van der Waals surface area (Å²) < 4.78 is 0. The van der Waals surface area contributed by atoms with Crippen LogP contribution in [0.15, 0.2) is 0 Å². The van der Waals surface area contributed by atoms with E-state index in [1.54, 1.807) is 0 Å². The van der Waals surface area contributed by atoms with Crippen molar-refractivity contribution >= 4 is 0 Å². The van der Waals surface area contributed by atoms with E-state index in [2.05, 4.69) is 17.5 Å². The highest BCUT2D eigenvalue weighted by atomic mass is 15.4. The summed E-state index contributed by atoms with van der Waals surface area (Å²) in [5.41, 5.74) is 0. The van der Waals surface area contributed by atoms with Crippen LogP contribution in [0.3, 0.4) is 0 Å². The Morgan fingerprint density at radius 3 is 2.00 bits per heavy atom. The smallest absolute Gasteiger partial charge is 0.0886 e. The molecule has 0 aromatic heterocycles. The third-order valence-corrected chi connectivity index (χ3v) is 1.66. The highest BCUT2D eigenvalue weighted by molar-refractivity contribution is 4.81. The summed E-state index contributed by atoms with van der Waals surface area (Å²) in [7, 11) is 0. The zero-order valence-corrected chi connectivity index (χ0v) is 6.82. The Labute approximate surface area is 71.8 Å². The van der Waals surface area contributed by atoms with Crippen molar-refractivity contribution in [3.05, 3.63) is 0 Å². The normalized spacial score (nSPS) is 19.8. The lowest BCUT2D eigenvalue weighted by Crippen LogP contribution is -2.52. The van der Waals surface area contributed by atoms with Gasteiger partial charge in [-0.2, -0.15) is 10.5 Å². The zero-order valence-electron chi connectivity index (χ0n) is 6.82. The Morgan fingerprint density at radius 1 is 1.08 bits per heavy atom. The lowest BCUT2D eigenvalue weighted by atomic mass is 10.5. The van der Waals surface area contributed by atoms with E-state index in [-0.39, 0.29) is 0 Å². The molecular weight excluding hydrogens is 154 g/mol. The summed E-state index contributed by atoms with van der Waals surface area (Å²) in [5.74, 6) is 0. The first-order valence-corrected chi connectivity index (χ1v) is 3.76. The van der Waals surface area contributed by atoms with Gasteiger partial charge in [0.1, 0.15) is 0 Å². The molecule has 0 aromatic rings. The molecule has 1 aliphatic heterocycles. The predicted molar refractivity (Wildman–Crippen MR) is 42.4 cm³/mol. The van der Waals surface area contributed by atoms with Crippen molar-refractivity contribution in [1.82, 2.24) is 15.1 Å². The molecule has 1 rings (SSSR count). The van der Waals surface area contributed by atoms with Crippen LogP contribution in [0.4, 0.5) is 0 Å². The fraction of sp³-hybridized carbons (Fsp3) is 0.714. The van der Waals surface area contributed by atoms with E-state index in [0.29, 0.717) is 19.8 Å². The first-order chi connectivity index (χ1) is 5.86. The van der Waals surface area contributed by atoms with Crippen molar-refractivity contribution in [2.45, 2.75) is 0 Å². The predicted octanol–water partition coefficient (Wildman–Crippen LogP) is -0.887. The van der Waals surface area contributed by atoms with E-state index in [1.165, 1.54) is 0 Å². The molecule has 64 valence electrons. The van der Waals surface area contributed by atoms with Gasteiger partial charge in [0.25, 0.3) is 0 Å². The Hall–Kier alpha value is -1.14. The van der Waals surface area contributed by atoms with Crippen molar-refractivity contribution in [2.24, 2.45) is 0 Å². The first kappa shape index (κ1) is 8.95. The topological polar surface area (TPSA) is 66.1 Å². The van der Waals surface area contributed by atoms with E-state index in [0.717, 1.165) is 13.3 Å². The molecule has 1 aliphatic rings. The van der Waals surface area contributed by atoms with E-state index in [1.807, 2.05) is 9.80 Å². The number of nitrogens with zero attached hydrogens (tertiary/aromatic N) is 4. The summed E-state index contributed by atoms with van der Waals surface area (Å²) in [6.07, 6.45) is 0. The highest BCUT2D eigenvalue weighted by Gasteiger charge is 2.15. The monoisotopic (exact) mass is 165 g/mol. The molecule has 1 saturated heterocycles.